The quantitative estimate of drug-likeness (QED) is 0.873. The van der Waals surface area contributed by atoms with Gasteiger partial charge in [-0.25, -0.2) is 9.97 Å². The minimum atomic E-state index is 0.378. The first kappa shape index (κ1) is 12.8. The highest BCUT2D eigenvalue weighted by Gasteiger charge is 2.17. The van der Waals surface area contributed by atoms with Gasteiger partial charge in [0.2, 0.25) is 0 Å². The van der Waals surface area contributed by atoms with Crippen LogP contribution in [0.3, 0.4) is 0 Å². The monoisotopic (exact) mass is 251 g/mol. The van der Waals surface area contributed by atoms with Gasteiger partial charge < -0.3 is 5.32 Å². The number of aromatic nitrogens is 2. The predicted octanol–water partition coefficient (Wildman–Crippen LogP) is 2.80. The van der Waals surface area contributed by atoms with E-state index in [9.17, 15) is 0 Å². The lowest BCUT2D eigenvalue weighted by atomic mass is 10.0. The third-order valence-electron chi connectivity index (χ3n) is 3.38. The van der Waals surface area contributed by atoms with Crippen LogP contribution in [0, 0.1) is 0 Å². The summed E-state index contributed by atoms with van der Waals surface area (Å²) in [5.74, 6) is 1.12. The molecule has 1 N–H and O–H groups in total. The molecule has 1 fully saturated rings. The normalized spacial score (nSPS) is 19.1. The van der Waals surface area contributed by atoms with Crippen molar-refractivity contribution in [3.05, 3.63) is 24.3 Å². The van der Waals surface area contributed by atoms with Crippen LogP contribution in [0.15, 0.2) is 18.7 Å². The molecule has 1 saturated carbocycles. The SMILES string of the molecule is CNC(CSC1CCCCC1)c1cncnc1. The van der Waals surface area contributed by atoms with Gasteiger partial charge in [0, 0.05) is 35.0 Å². The number of thioether (sulfide) groups is 1. The second kappa shape index (κ2) is 6.97. The fourth-order valence-corrected chi connectivity index (χ4v) is 3.79. The lowest BCUT2D eigenvalue weighted by Gasteiger charge is -2.23. The van der Waals surface area contributed by atoms with Gasteiger partial charge >= 0.3 is 0 Å². The van der Waals surface area contributed by atoms with Crippen LogP contribution in [-0.4, -0.2) is 28.0 Å². The predicted molar refractivity (Wildman–Crippen MR) is 73.2 cm³/mol. The van der Waals surface area contributed by atoms with Gasteiger partial charge in [-0.3, -0.25) is 0 Å². The van der Waals surface area contributed by atoms with Gasteiger partial charge in [0.15, 0.2) is 0 Å². The van der Waals surface area contributed by atoms with Crippen LogP contribution in [0.1, 0.15) is 43.7 Å². The summed E-state index contributed by atoms with van der Waals surface area (Å²) >= 11 is 2.11. The Morgan fingerprint density at radius 2 is 2.00 bits per heavy atom. The molecule has 1 heterocycles. The van der Waals surface area contributed by atoms with Crippen LogP contribution in [0.2, 0.25) is 0 Å². The minimum Gasteiger partial charge on any atom is -0.312 e. The first-order chi connectivity index (χ1) is 8.40. The van der Waals surface area contributed by atoms with Gasteiger partial charge in [-0.15, -0.1) is 0 Å². The van der Waals surface area contributed by atoms with E-state index in [1.165, 1.54) is 37.7 Å². The third kappa shape index (κ3) is 3.96. The number of rotatable bonds is 5. The maximum absolute atomic E-state index is 4.09. The molecule has 3 nitrogen and oxygen atoms in total. The average molecular weight is 251 g/mol. The van der Waals surface area contributed by atoms with Crippen molar-refractivity contribution in [2.24, 2.45) is 0 Å². The highest BCUT2D eigenvalue weighted by atomic mass is 32.2. The number of hydrogen-bond donors (Lipinski definition) is 1. The first-order valence-corrected chi connectivity index (χ1v) is 7.49. The Morgan fingerprint density at radius 3 is 2.65 bits per heavy atom. The summed E-state index contributed by atoms with van der Waals surface area (Å²) in [6.45, 7) is 0. The molecule has 17 heavy (non-hydrogen) atoms. The smallest absolute Gasteiger partial charge is 0.115 e. The van der Waals surface area contributed by atoms with Crippen molar-refractivity contribution in [2.75, 3.05) is 12.8 Å². The van der Waals surface area contributed by atoms with Crippen LogP contribution in [0.5, 0.6) is 0 Å². The van der Waals surface area contributed by atoms with Gasteiger partial charge in [0.1, 0.15) is 6.33 Å². The summed E-state index contributed by atoms with van der Waals surface area (Å²) in [5.41, 5.74) is 1.19. The van der Waals surface area contributed by atoms with E-state index in [0.717, 1.165) is 11.0 Å². The Labute approximate surface area is 108 Å². The fourth-order valence-electron chi connectivity index (χ4n) is 2.30. The van der Waals surface area contributed by atoms with Crippen molar-refractivity contribution < 1.29 is 0 Å². The van der Waals surface area contributed by atoms with Crippen molar-refractivity contribution in [3.63, 3.8) is 0 Å². The molecule has 1 atom stereocenters. The Bertz CT molecular complexity index is 312. The Hall–Kier alpha value is -0.610. The molecular weight excluding hydrogens is 230 g/mol. The summed E-state index contributed by atoms with van der Waals surface area (Å²) in [6, 6.07) is 0.378. The summed E-state index contributed by atoms with van der Waals surface area (Å²) < 4.78 is 0. The zero-order valence-corrected chi connectivity index (χ0v) is 11.2. The van der Waals surface area contributed by atoms with Crippen molar-refractivity contribution >= 4 is 11.8 Å². The highest BCUT2D eigenvalue weighted by molar-refractivity contribution is 7.99. The average Bonchev–Trinajstić information content (AvgIpc) is 2.42. The Morgan fingerprint density at radius 1 is 1.29 bits per heavy atom. The van der Waals surface area contributed by atoms with E-state index in [0.29, 0.717) is 6.04 Å². The van der Waals surface area contributed by atoms with Gasteiger partial charge in [-0.1, -0.05) is 19.3 Å². The number of nitrogens with one attached hydrogen (secondary N) is 1. The van der Waals surface area contributed by atoms with E-state index in [2.05, 4.69) is 27.0 Å². The van der Waals surface area contributed by atoms with Crippen LogP contribution in [0.25, 0.3) is 0 Å². The van der Waals surface area contributed by atoms with Gasteiger partial charge in [0.05, 0.1) is 0 Å². The molecule has 0 spiro atoms. The molecule has 2 rings (SSSR count). The van der Waals surface area contributed by atoms with E-state index in [-0.39, 0.29) is 0 Å². The third-order valence-corrected chi connectivity index (χ3v) is 4.85. The summed E-state index contributed by atoms with van der Waals surface area (Å²) in [5, 5.41) is 4.22. The van der Waals surface area contributed by atoms with Gasteiger partial charge in [-0.05, 0) is 19.9 Å². The molecule has 1 aliphatic rings. The van der Waals surface area contributed by atoms with Gasteiger partial charge in [0.25, 0.3) is 0 Å². The highest BCUT2D eigenvalue weighted by Crippen LogP contribution is 2.30. The maximum atomic E-state index is 4.09. The lowest BCUT2D eigenvalue weighted by Crippen LogP contribution is -2.21. The molecule has 94 valence electrons. The zero-order chi connectivity index (χ0) is 11.9. The second-order valence-electron chi connectivity index (χ2n) is 4.61. The summed E-state index contributed by atoms with van der Waals surface area (Å²) in [6.07, 6.45) is 12.5. The van der Waals surface area contributed by atoms with E-state index >= 15 is 0 Å². The molecular formula is C13H21N3S. The fraction of sp³-hybridized carbons (Fsp3) is 0.692. The molecule has 4 heteroatoms. The van der Waals surface area contributed by atoms with Crippen LogP contribution < -0.4 is 5.32 Å². The Balaban J connectivity index is 1.83. The molecule has 0 amide bonds. The van der Waals surface area contributed by atoms with Crippen LogP contribution in [-0.2, 0) is 0 Å². The van der Waals surface area contributed by atoms with E-state index < -0.39 is 0 Å². The molecule has 0 bridgehead atoms. The molecule has 0 aliphatic heterocycles. The molecule has 0 radical (unpaired) electrons. The van der Waals surface area contributed by atoms with E-state index in [4.69, 9.17) is 0 Å². The number of nitrogens with zero attached hydrogens (tertiary/aromatic N) is 2. The molecule has 0 saturated heterocycles. The molecule has 0 aromatic carbocycles. The lowest BCUT2D eigenvalue weighted by molar-refractivity contribution is 0.514. The topological polar surface area (TPSA) is 37.8 Å². The van der Waals surface area contributed by atoms with E-state index in [1.54, 1.807) is 6.33 Å². The van der Waals surface area contributed by atoms with E-state index in [1.807, 2.05) is 19.4 Å². The van der Waals surface area contributed by atoms with Gasteiger partial charge in [-0.2, -0.15) is 11.8 Å². The summed E-state index contributed by atoms with van der Waals surface area (Å²) in [7, 11) is 2.01. The maximum Gasteiger partial charge on any atom is 0.115 e. The van der Waals surface area contributed by atoms with Crippen LogP contribution in [0.4, 0.5) is 0 Å². The zero-order valence-electron chi connectivity index (χ0n) is 10.4. The second-order valence-corrected chi connectivity index (χ2v) is 5.94. The minimum absolute atomic E-state index is 0.378. The van der Waals surface area contributed by atoms with Crippen molar-refractivity contribution in [1.29, 1.82) is 0 Å². The molecule has 1 aromatic heterocycles. The molecule has 1 aliphatic carbocycles. The number of hydrogen-bond acceptors (Lipinski definition) is 4. The Kier molecular flexibility index (Phi) is 5.26. The van der Waals surface area contributed by atoms with Crippen molar-refractivity contribution in [2.45, 2.75) is 43.4 Å². The first-order valence-electron chi connectivity index (χ1n) is 6.44. The van der Waals surface area contributed by atoms with Crippen LogP contribution >= 0.6 is 11.8 Å². The van der Waals surface area contributed by atoms with Crippen molar-refractivity contribution in [3.8, 4) is 0 Å². The molecule has 1 aromatic rings. The molecule has 1 unspecified atom stereocenters. The van der Waals surface area contributed by atoms with Crippen molar-refractivity contribution in [1.82, 2.24) is 15.3 Å². The standard InChI is InChI=1S/C13H21N3S/c1-14-13(11-7-15-10-16-8-11)9-17-12-5-3-2-4-6-12/h7-8,10,12-14H,2-6,9H2,1H3. The summed E-state index contributed by atoms with van der Waals surface area (Å²) in [4.78, 5) is 8.18. The largest absolute Gasteiger partial charge is 0.312 e.